The second kappa shape index (κ2) is 16.1. The van der Waals surface area contributed by atoms with Crippen LogP contribution in [0, 0.1) is 0 Å². The minimum Gasteiger partial charge on any atom is 0.316 e. The molecule has 0 atom stereocenters. The standard InChI is InChI=1S/Ba.Mg.HO2P.4H/c;;1-3-2;;;;/h;;(H,1,2);;;;. The first-order valence-corrected chi connectivity index (χ1v) is 1.15. The van der Waals surface area contributed by atoms with E-state index in [-0.39, 0.29) is 71.9 Å². The summed E-state index contributed by atoms with van der Waals surface area (Å²) in [6.07, 6.45) is 0. The Morgan fingerprint density at radius 2 is 1.60 bits per heavy atom. The van der Waals surface area contributed by atoms with E-state index >= 15 is 0 Å². The first-order chi connectivity index (χ1) is 1.41. The molecule has 0 aliphatic heterocycles. The van der Waals surface area contributed by atoms with Gasteiger partial charge in [-0.15, -0.1) is 0 Å². The smallest absolute Gasteiger partial charge is 0.316 e. The van der Waals surface area contributed by atoms with Gasteiger partial charge in [-0.3, -0.25) is 0 Å². The molecule has 26 valence electrons. The van der Waals surface area contributed by atoms with Crippen LogP contribution in [-0.2, 0) is 4.57 Å². The second-order valence-electron chi connectivity index (χ2n) is 0.0816. The van der Waals surface area contributed by atoms with Gasteiger partial charge in [0.15, 0.2) is 0 Å². The maximum atomic E-state index is 8.46. The summed E-state index contributed by atoms with van der Waals surface area (Å²) >= 11 is 0. The molecule has 0 unspecified atom stereocenters. The Kier molecular flexibility index (Phi) is 50.6. The van der Waals surface area contributed by atoms with Crippen LogP contribution in [0.5, 0.6) is 0 Å². The Balaban J connectivity index is -0.0000000200. The Morgan fingerprint density at radius 1 is 1.60 bits per heavy atom. The van der Waals surface area contributed by atoms with Gasteiger partial charge in [-0.2, -0.15) is 0 Å². The molecular formula is H5BaMgO2P. The summed E-state index contributed by atoms with van der Waals surface area (Å²) in [5.41, 5.74) is 0. The first-order valence-electron chi connectivity index (χ1n) is 0.383. The third-order valence-corrected chi connectivity index (χ3v) is 0. The van der Waals surface area contributed by atoms with Gasteiger partial charge in [0.25, 0.3) is 0 Å². The SMILES string of the molecule is O=PO.[BaH2].[MgH2]. The zero-order valence-corrected chi connectivity index (χ0v) is 2.20. The molecule has 0 aromatic heterocycles. The maximum absolute atomic E-state index is 8.46. The number of hydrogen-bond acceptors (Lipinski definition) is 1. The molecule has 0 saturated carbocycles. The molecule has 0 fully saturated rings. The minimum absolute atomic E-state index is 0. The van der Waals surface area contributed by atoms with Crippen molar-refractivity contribution in [3.8, 4) is 0 Å². The van der Waals surface area contributed by atoms with Crippen LogP contribution in [0.4, 0.5) is 0 Å². The van der Waals surface area contributed by atoms with Crippen LogP contribution in [0.25, 0.3) is 0 Å². The van der Waals surface area contributed by atoms with Crippen LogP contribution in [0.2, 0.25) is 0 Å². The molecule has 0 spiro atoms. The van der Waals surface area contributed by atoms with Gasteiger partial charge in [0.05, 0.1) is 0 Å². The molecule has 0 aromatic rings. The van der Waals surface area contributed by atoms with E-state index in [4.69, 9.17) is 9.46 Å². The van der Waals surface area contributed by atoms with Gasteiger partial charge in [-0.1, -0.05) is 0 Å². The molecule has 0 saturated heterocycles. The van der Waals surface area contributed by atoms with E-state index in [2.05, 4.69) is 0 Å². The molecule has 0 heterocycles. The van der Waals surface area contributed by atoms with Crippen molar-refractivity contribution in [1.82, 2.24) is 0 Å². The van der Waals surface area contributed by atoms with Gasteiger partial charge < -0.3 is 4.89 Å². The summed E-state index contributed by atoms with van der Waals surface area (Å²) in [7, 11) is -0.833. The van der Waals surface area contributed by atoms with Crippen LogP contribution in [0.1, 0.15) is 0 Å². The van der Waals surface area contributed by atoms with E-state index in [1.807, 2.05) is 0 Å². The summed E-state index contributed by atoms with van der Waals surface area (Å²) in [5.74, 6) is 0. The molecule has 1 N–H and O–H groups in total. The minimum atomic E-state index is -0.833. The van der Waals surface area contributed by atoms with E-state index < -0.39 is 8.69 Å². The molecule has 5 heavy (non-hydrogen) atoms. The summed E-state index contributed by atoms with van der Waals surface area (Å²) in [6.45, 7) is 0. The summed E-state index contributed by atoms with van der Waals surface area (Å²) in [6, 6.07) is 0. The Morgan fingerprint density at radius 3 is 1.60 bits per heavy atom. The van der Waals surface area contributed by atoms with Crippen molar-refractivity contribution < 1.29 is 9.46 Å². The number of rotatable bonds is 0. The molecular weight excluding hydrogens is 225 g/mol. The zero-order chi connectivity index (χ0) is 2.71. The monoisotopic (exact) mass is 230 g/mol. The molecule has 0 amide bonds. The van der Waals surface area contributed by atoms with Crippen LogP contribution in [-0.4, -0.2) is 76.8 Å². The van der Waals surface area contributed by atoms with Crippen LogP contribution >= 0.6 is 8.69 Å². The molecule has 0 aromatic carbocycles. The average molecular weight is 230 g/mol. The molecule has 0 aliphatic carbocycles. The van der Waals surface area contributed by atoms with Crippen molar-refractivity contribution in [3.05, 3.63) is 0 Å². The topological polar surface area (TPSA) is 37.3 Å². The van der Waals surface area contributed by atoms with Crippen molar-refractivity contribution >= 4 is 80.6 Å². The molecule has 5 heteroatoms. The number of hydrogen-bond donors (Lipinski definition) is 1. The Bertz CT molecular complexity index is 17.1. The van der Waals surface area contributed by atoms with Gasteiger partial charge in [0.1, 0.15) is 0 Å². The quantitative estimate of drug-likeness (QED) is 0.399. The third-order valence-electron chi connectivity index (χ3n) is 0. The largest absolute Gasteiger partial charge is 0.316 e. The van der Waals surface area contributed by atoms with E-state index in [0.29, 0.717) is 0 Å². The van der Waals surface area contributed by atoms with E-state index in [1.165, 1.54) is 0 Å². The second-order valence-corrected chi connectivity index (χ2v) is 0.245. The fourth-order valence-corrected chi connectivity index (χ4v) is 0. The fourth-order valence-electron chi connectivity index (χ4n) is 0. The normalized spacial score (nSPS) is 4.20. The predicted octanol–water partition coefficient (Wildman–Crippen LogP) is -1.65. The molecule has 0 aliphatic rings. The van der Waals surface area contributed by atoms with Crippen LogP contribution < -0.4 is 0 Å². The van der Waals surface area contributed by atoms with Gasteiger partial charge in [0, 0.05) is 0 Å². The molecule has 2 nitrogen and oxygen atoms in total. The summed E-state index contributed by atoms with van der Waals surface area (Å²) in [4.78, 5) is 6.99. The first kappa shape index (κ1) is 15.7. The summed E-state index contributed by atoms with van der Waals surface area (Å²) < 4.78 is 8.46. The fraction of sp³-hybridized carbons (Fsp3) is 0. The van der Waals surface area contributed by atoms with E-state index in [1.54, 1.807) is 0 Å². The van der Waals surface area contributed by atoms with E-state index in [9.17, 15) is 0 Å². The molecule has 0 rings (SSSR count). The molecule has 0 radical (unpaired) electrons. The summed E-state index contributed by atoms with van der Waals surface area (Å²) in [5, 5.41) is 0. The van der Waals surface area contributed by atoms with Crippen LogP contribution in [0.15, 0.2) is 0 Å². The zero-order valence-electron chi connectivity index (χ0n) is 1.30. The maximum Gasteiger partial charge on any atom is 0.316 e. The van der Waals surface area contributed by atoms with Gasteiger partial charge >= 0.3 is 80.6 Å². The van der Waals surface area contributed by atoms with Crippen LogP contribution in [0.3, 0.4) is 0 Å². The van der Waals surface area contributed by atoms with Crippen molar-refractivity contribution in [2.24, 2.45) is 0 Å². The Labute approximate surface area is 88.2 Å². The van der Waals surface area contributed by atoms with Gasteiger partial charge in [-0.25, -0.2) is 4.57 Å². The Hall–Kier alpha value is 2.40. The van der Waals surface area contributed by atoms with Crippen molar-refractivity contribution in [2.75, 3.05) is 0 Å². The van der Waals surface area contributed by atoms with Crippen molar-refractivity contribution in [1.29, 1.82) is 0 Å². The average Bonchev–Trinajstić information content (AvgIpc) is 0.918. The van der Waals surface area contributed by atoms with Crippen molar-refractivity contribution in [2.45, 2.75) is 0 Å². The third kappa shape index (κ3) is 21.5. The van der Waals surface area contributed by atoms with Gasteiger partial charge in [-0.05, 0) is 0 Å². The van der Waals surface area contributed by atoms with Crippen molar-refractivity contribution in [3.63, 3.8) is 0 Å². The molecule has 0 bridgehead atoms. The van der Waals surface area contributed by atoms with Gasteiger partial charge in [0.2, 0.25) is 0 Å². The predicted molar refractivity (Wildman–Crippen MR) is 26.9 cm³/mol. The van der Waals surface area contributed by atoms with E-state index in [0.717, 1.165) is 0 Å².